The zero-order chi connectivity index (χ0) is 15.1. The van der Waals surface area contributed by atoms with Crippen molar-refractivity contribution >= 4 is 12.2 Å². The fourth-order valence-corrected chi connectivity index (χ4v) is 2.10. The Morgan fingerprint density at radius 1 is 0.952 bits per heavy atom. The Balaban J connectivity index is 1.74. The maximum atomic E-state index is 11.9. The van der Waals surface area contributed by atoms with Crippen LogP contribution >= 0.6 is 0 Å². The third-order valence-corrected chi connectivity index (χ3v) is 3.27. The molecule has 0 atom stereocenters. The highest BCUT2D eigenvalue weighted by Crippen LogP contribution is 2.07. The minimum atomic E-state index is -0.345. The predicted octanol–water partition coefficient (Wildman–Crippen LogP) is 2.10. The lowest BCUT2D eigenvalue weighted by atomic mass is 10.2. The van der Waals surface area contributed by atoms with Crippen LogP contribution in [0.25, 0.3) is 0 Å². The van der Waals surface area contributed by atoms with E-state index in [9.17, 15) is 9.59 Å². The molecule has 1 saturated heterocycles. The van der Waals surface area contributed by atoms with Gasteiger partial charge in [0.05, 0.1) is 6.61 Å². The van der Waals surface area contributed by atoms with Gasteiger partial charge in [0.2, 0.25) is 0 Å². The van der Waals surface area contributed by atoms with Crippen molar-refractivity contribution in [1.82, 2.24) is 9.80 Å². The van der Waals surface area contributed by atoms with E-state index in [4.69, 9.17) is 9.47 Å². The number of nitrogens with zero attached hydrogens (tertiary/aromatic N) is 2. The van der Waals surface area contributed by atoms with Crippen LogP contribution in [0.5, 0.6) is 0 Å². The normalized spacial score (nSPS) is 14.7. The number of amides is 2. The van der Waals surface area contributed by atoms with Crippen LogP contribution in [0.2, 0.25) is 0 Å². The molecule has 0 aromatic heterocycles. The first-order valence-electron chi connectivity index (χ1n) is 7.08. The van der Waals surface area contributed by atoms with Crippen molar-refractivity contribution in [3.63, 3.8) is 0 Å². The molecule has 0 N–H and O–H groups in total. The van der Waals surface area contributed by atoms with Gasteiger partial charge in [-0.05, 0) is 12.5 Å². The molecule has 0 saturated carbocycles. The van der Waals surface area contributed by atoms with Crippen LogP contribution in [-0.4, -0.2) is 54.8 Å². The molecule has 1 heterocycles. The Bertz CT molecular complexity index is 470. The van der Waals surface area contributed by atoms with E-state index in [1.165, 1.54) is 0 Å². The average Bonchev–Trinajstić information content (AvgIpc) is 2.54. The fraction of sp³-hybridized carbons (Fsp3) is 0.467. The van der Waals surface area contributed by atoms with Crippen LogP contribution in [0, 0.1) is 0 Å². The van der Waals surface area contributed by atoms with Crippen molar-refractivity contribution < 1.29 is 19.1 Å². The minimum absolute atomic E-state index is 0.262. The van der Waals surface area contributed by atoms with Crippen molar-refractivity contribution in [1.29, 1.82) is 0 Å². The van der Waals surface area contributed by atoms with Gasteiger partial charge in [-0.25, -0.2) is 9.59 Å². The molecule has 1 aliphatic heterocycles. The van der Waals surface area contributed by atoms with E-state index in [0.29, 0.717) is 32.8 Å². The van der Waals surface area contributed by atoms with E-state index in [2.05, 4.69) is 0 Å². The molecule has 2 amide bonds. The zero-order valence-electron chi connectivity index (χ0n) is 12.2. The van der Waals surface area contributed by atoms with Crippen molar-refractivity contribution in [2.24, 2.45) is 0 Å². The van der Waals surface area contributed by atoms with Crippen molar-refractivity contribution in [2.45, 2.75) is 13.5 Å². The first kappa shape index (κ1) is 15.2. The molecule has 1 aromatic rings. The van der Waals surface area contributed by atoms with Crippen molar-refractivity contribution in [3.05, 3.63) is 35.9 Å². The van der Waals surface area contributed by atoms with Crippen LogP contribution in [0.1, 0.15) is 12.5 Å². The molecule has 1 fully saturated rings. The van der Waals surface area contributed by atoms with Gasteiger partial charge in [0, 0.05) is 26.2 Å². The van der Waals surface area contributed by atoms with Gasteiger partial charge in [-0.3, -0.25) is 0 Å². The van der Waals surface area contributed by atoms with Gasteiger partial charge in [0.25, 0.3) is 0 Å². The van der Waals surface area contributed by atoms with E-state index in [1.807, 2.05) is 30.3 Å². The molecule has 0 spiro atoms. The molecular formula is C15H20N2O4. The van der Waals surface area contributed by atoms with Gasteiger partial charge >= 0.3 is 12.2 Å². The molecule has 0 radical (unpaired) electrons. The molecule has 6 nitrogen and oxygen atoms in total. The number of carbonyl (C=O) groups excluding carboxylic acids is 2. The van der Waals surface area contributed by atoms with Gasteiger partial charge in [-0.15, -0.1) is 0 Å². The quantitative estimate of drug-likeness (QED) is 0.856. The van der Waals surface area contributed by atoms with E-state index < -0.39 is 0 Å². The Morgan fingerprint density at radius 2 is 1.48 bits per heavy atom. The van der Waals surface area contributed by atoms with E-state index >= 15 is 0 Å². The van der Waals surface area contributed by atoms with Crippen LogP contribution in [0.3, 0.4) is 0 Å². The molecule has 0 unspecified atom stereocenters. The summed E-state index contributed by atoms with van der Waals surface area (Å²) in [5.74, 6) is 0. The summed E-state index contributed by atoms with van der Waals surface area (Å²) in [5, 5.41) is 0. The molecule has 114 valence electrons. The number of benzene rings is 1. The Morgan fingerprint density at radius 3 is 2.00 bits per heavy atom. The molecular weight excluding hydrogens is 272 g/mol. The Kier molecular flexibility index (Phi) is 5.43. The standard InChI is InChI=1S/C15H20N2O4/c1-2-20-14(18)16-8-10-17(11-9-16)15(19)21-12-13-6-4-3-5-7-13/h3-7H,2,8-12H2,1H3. The summed E-state index contributed by atoms with van der Waals surface area (Å²) in [7, 11) is 0. The highest BCUT2D eigenvalue weighted by molar-refractivity contribution is 5.70. The molecule has 21 heavy (non-hydrogen) atoms. The first-order chi connectivity index (χ1) is 10.2. The zero-order valence-corrected chi connectivity index (χ0v) is 12.2. The largest absolute Gasteiger partial charge is 0.450 e. The van der Waals surface area contributed by atoms with Gasteiger partial charge in [-0.2, -0.15) is 0 Å². The second-order valence-corrected chi connectivity index (χ2v) is 4.71. The summed E-state index contributed by atoms with van der Waals surface area (Å²) in [4.78, 5) is 26.7. The number of rotatable bonds is 3. The lowest BCUT2D eigenvalue weighted by molar-refractivity contribution is 0.0596. The number of hydrogen-bond acceptors (Lipinski definition) is 4. The smallest absolute Gasteiger partial charge is 0.410 e. The molecule has 2 rings (SSSR count). The Hall–Kier alpha value is -2.24. The van der Waals surface area contributed by atoms with Gasteiger partial charge in [-0.1, -0.05) is 30.3 Å². The maximum absolute atomic E-state index is 11.9. The van der Waals surface area contributed by atoms with Crippen LogP contribution in [0.4, 0.5) is 9.59 Å². The molecule has 0 aliphatic carbocycles. The lowest BCUT2D eigenvalue weighted by Gasteiger charge is -2.33. The van der Waals surface area contributed by atoms with Crippen molar-refractivity contribution in [3.8, 4) is 0 Å². The Labute approximate surface area is 124 Å². The summed E-state index contributed by atoms with van der Waals surface area (Å²) in [6.45, 7) is 4.27. The molecule has 0 bridgehead atoms. The van der Waals surface area contributed by atoms with Crippen LogP contribution < -0.4 is 0 Å². The third-order valence-electron chi connectivity index (χ3n) is 3.27. The number of carbonyl (C=O) groups is 2. The van der Waals surface area contributed by atoms with Crippen LogP contribution in [-0.2, 0) is 16.1 Å². The average molecular weight is 292 g/mol. The SMILES string of the molecule is CCOC(=O)N1CCN(C(=O)OCc2ccccc2)CC1. The summed E-state index contributed by atoms with van der Waals surface area (Å²) >= 11 is 0. The second-order valence-electron chi connectivity index (χ2n) is 4.71. The highest BCUT2D eigenvalue weighted by Gasteiger charge is 2.25. The van der Waals surface area contributed by atoms with Crippen molar-refractivity contribution in [2.75, 3.05) is 32.8 Å². The molecule has 6 heteroatoms. The van der Waals surface area contributed by atoms with Crippen LogP contribution in [0.15, 0.2) is 30.3 Å². The number of hydrogen-bond donors (Lipinski definition) is 0. The number of ether oxygens (including phenoxy) is 2. The minimum Gasteiger partial charge on any atom is -0.450 e. The second kappa shape index (κ2) is 7.52. The van der Waals surface area contributed by atoms with Gasteiger partial charge in [0.1, 0.15) is 6.61 Å². The first-order valence-corrected chi connectivity index (χ1v) is 7.08. The highest BCUT2D eigenvalue weighted by atomic mass is 16.6. The summed E-state index contributed by atoms with van der Waals surface area (Å²) in [6.07, 6.45) is -0.669. The van der Waals surface area contributed by atoms with Gasteiger partial charge in [0.15, 0.2) is 0 Å². The summed E-state index contributed by atoms with van der Waals surface area (Å²) in [6, 6.07) is 9.54. The summed E-state index contributed by atoms with van der Waals surface area (Å²) < 4.78 is 10.2. The predicted molar refractivity (Wildman–Crippen MR) is 76.8 cm³/mol. The third kappa shape index (κ3) is 4.37. The fourth-order valence-electron chi connectivity index (χ4n) is 2.10. The van der Waals surface area contributed by atoms with E-state index in [1.54, 1.807) is 16.7 Å². The molecule has 1 aliphatic rings. The molecule has 1 aromatic carbocycles. The topological polar surface area (TPSA) is 59.1 Å². The lowest BCUT2D eigenvalue weighted by Crippen LogP contribution is -2.50. The van der Waals surface area contributed by atoms with E-state index in [-0.39, 0.29) is 18.8 Å². The maximum Gasteiger partial charge on any atom is 0.410 e. The van der Waals surface area contributed by atoms with E-state index in [0.717, 1.165) is 5.56 Å². The summed E-state index contributed by atoms with van der Waals surface area (Å²) in [5.41, 5.74) is 0.955. The van der Waals surface area contributed by atoms with Gasteiger partial charge < -0.3 is 19.3 Å². The monoisotopic (exact) mass is 292 g/mol. The number of piperazine rings is 1.